The van der Waals surface area contributed by atoms with E-state index in [4.69, 9.17) is 9.47 Å². The van der Waals surface area contributed by atoms with Crippen molar-refractivity contribution in [2.45, 2.75) is 4.90 Å². The van der Waals surface area contributed by atoms with Crippen LogP contribution in [-0.2, 0) is 11.8 Å². The van der Waals surface area contributed by atoms with Gasteiger partial charge in [-0.05, 0) is 18.2 Å². The molecule has 0 saturated heterocycles. The van der Waals surface area contributed by atoms with Gasteiger partial charge in [0.1, 0.15) is 11.5 Å². The quantitative estimate of drug-likeness (QED) is 0.680. The van der Waals surface area contributed by atoms with Gasteiger partial charge in [0.15, 0.2) is 0 Å². The van der Waals surface area contributed by atoms with Gasteiger partial charge in [-0.25, -0.2) is 0 Å². The van der Waals surface area contributed by atoms with E-state index in [2.05, 4.69) is 28.2 Å². The van der Waals surface area contributed by atoms with Crippen LogP contribution in [-0.4, -0.2) is 30.4 Å². The molecular weight excluding hydrogens is 336 g/mol. The second-order valence-corrected chi connectivity index (χ2v) is 6.54. The van der Waals surface area contributed by atoms with Gasteiger partial charge in [-0.1, -0.05) is 18.2 Å². The fourth-order valence-corrected chi connectivity index (χ4v) is 3.58. The van der Waals surface area contributed by atoms with Gasteiger partial charge in [-0.2, -0.15) is 0 Å². The first-order chi connectivity index (χ1) is 12.1. The lowest BCUT2D eigenvalue weighted by molar-refractivity contribution is -0.113. The zero-order chi connectivity index (χ0) is 17.8. The minimum atomic E-state index is -0.0931. The highest BCUT2D eigenvalue weighted by atomic mass is 32.2. The maximum absolute atomic E-state index is 12.4. The molecule has 0 aliphatic rings. The van der Waals surface area contributed by atoms with E-state index in [-0.39, 0.29) is 5.91 Å². The van der Waals surface area contributed by atoms with Crippen LogP contribution in [0.25, 0.3) is 10.9 Å². The molecule has 0 aliphatic carbocycles. The molecule has 1 N–H and O–H groups in total. The minimum absolute atomic E-state index is 0.0931. The number of thioether (sulfide) groups is 1. The number of rotatable bonds is 6. The molecule has 3 rings (SSSR count). The predicted molar refractivity (Wildman–Crippen MR) is 102 cm³/mol. The zero-order valence-corrected chi connectivity index (χ0v) is 15.2. The number of anilines is 1. The number of methoxy groups -OCH3 is 2. The third-order valence-corrected chi connectivity index (χ3v) is 4.94. The number of nitrogens with zero attached hydrogens (tertiary/aromatic N) is 1. The number of hydrogen-bond donors (Lipinski definition) is 1. The molecule has 0 atom stereocenters. The number of nitrogens with one attached hydrogen (secondary N) is 1. The van der Waals surface area contributed by atoms with E-state index >= 15 is 0 Å². The Hall–Kier alpha value is -2.60. The molecule has 6 heteroatoms. The van der Waals surface area contributed by atoms with Crippen molar-refractivity contribution >= 4 is 34.3 Å². The highest BCUT2D eigenvalue weighted by Gasteiger charge is 2.12. The second-order valence-electron chi connectivity index (χ2n) is 5.52. The van der Waals surface area contributed by atoms with E-state index < -0.39 is 0 Å². The number of aryl methyl sites for hydroxylation is 1. The molecule has 0 spiro atoms. The molecule has 0 unspecified atom stereocenters. The van der Waals surface area contributed by atoms with E-state index in [0.29, 0.717) is 22.9 Å². The molecule has 5 nitrogen and oxygen atoms in total. The SMILES string of the molecule is COc1ccc(OC)c(NC(=O)CSc2cn(C)c3ccccc23)c1. The average Bonchev–Trinajstić information content (AvgIpc) is 2.96. The number of amides is 1. The number of hydrogen-bond acceptors (Lipinski definition) is 4. The highest BCUT2D eigenvalue weighted by Crippen LogP contribution is 2.31. The molecule has 1 amide bonds. The van der Waals surface area contributed by atoms with Crippen LogP contribution in [0.5, 0.6) is 11.5 Å². The van der Waals surface area contributed by atoms with Crippen LogP contribution in [0.4, 0.5) is 5.69 Å². The largest absolute Gasteiger partial charge is 0.497 e. The van der Waals surface area contributed by atoms with Crippen molar-refractivity contribution in [3.63, 3.8) is 0 Å². The Labute approximate surface area is 150 Å². The fourth-order valence-electron chi connectivity index (χ4n) is 2.66. The van der Waals surface area contributed by atoms with E-state index in [0.717, 1.165) is 15.8 Å². The standard InChI is InChI=1S/C19H20N2O3S/c1-21-11-18(14-6-4-5-7-16(14)21)25-12-19(22)20-15-10-13(23-2)8-9-17(15)24-3/h4-11H,12H2,1-3H3,(H,20,22). The van der Waals surface area contributed by atoms with E-state index in [1.807, 2.05) is 19.2 Å². The molecule has 0 radical (unpaired) electrons. The van der Waals surface area contributed by atoms with Crippen LogP contribution in [0.3, 0.4) is 0 Å². The van der Waals surface area contributed by atoms with Gasteiger partial charge < -0.3 is 19.4 Å². The van der Waals surface area contributed by atoms with E-state index in [1.165, 1.54) is 11.8 Å². The van der Waals surface area contributed by atoms with Crippen LogP contribution in [0, 0.1) is 0 Å². The summed E-state index contributed by atoms with van der Waals surface area (Å²) in [5, 5.41) is 4.04. The molecule has 0 bridgehead atoms. The van der Waals surface area contributed by atoms with Crippen molar-refractivity contribution in [3.05, 3.63) is 48.7 Å². The molecule has 0 fully saturated rings. The second kappa shape index (κ2) is 7.53. The van der Waals surface area contributed by atoms with Gasteiger partial charge in [0.25, 0.3) is 0 Å². The molecular formula is C19H20N2O3S. The van der Waals surface area contributed by atoms with Crippen molar-refractivity contribution in [2.75, 3.05) is 25.3 Å². The van der Waals surface area contributed by atoms with Crippen molar-refractivity contribution in [1.82, 2.24) is 4.57 Å². The first-order valence-electron chi connectivity index (χ1n) is 7.81. The van der Waals surface area contributed by atoms with Crippen molar-refractivity contribution in [1.29, 1.82) is 0 Å². The third-order valence-electron chi connectivity index (χ3n) is 3.90. The van der Waals surface area contributed by atoms with Gasteiger partial charge in [0, 0.05) is 35.1 Å². The summed E-state index contributed by atoms with van der Waals surface area (Å²) in [5.41, 5.74) is 1.75. The lowest BCUT2D eigenvalue weighted by Gasteiger charge is -2.11. The summed E-state index contributed by atoms with van der Waals surface area (Å²) in [5.74, 6) is 1.49. The summed E-state index contributed by atoms with van der Waals surface area (Å²) >= 11 is 1.52. The maximum atomic E-state index is 12.4. The maximum Gasteiger partial charge on any atom is 0.234 e. The average molecular weight is 356 g/mol. The number of aromatic nitrogens is 1. The Balaban J connectivity index is 1.71. The number of para-hydroxylation sites is 1. The van der Waals surface area contributed by atoms with Gasteiger partial charge >= 0.3 is 0 Å². The van der Waals surface area contributed by atoms with E-state index in [9.17, 15) is 4.79 Å². The van der Waals surface area contributed by atoms with Crippen LogP contribution in [0.15, 0.2) is 53.6 Å². The first-order valence-corrected chi connectivity index (χ1v) is 8.79. The Morgan fingerprint density at radius 3 is 2.72 bits per heavy atom. The summed E-state index contributed by atoms with van der Waals surface area (Å²) in [7, 11) is 5.17. The Kier molecular flexibility index (Phi) is 5.19. The monoisotopic (exact) mass is 356 g/mol. The summed E-state index contributed by atoms with van der Waals surface area (Å²) in [6, 6.07) is 13.5. The first kappa shape index (κ1) is 17.2. The molecule has 0 saturated carbocycles. The number of ether oxygens (including phenoxy) is 2. The number of benzene rings is 2. The lowest BCUT2D eigenvalue weighted by atomic mass is 10.2. The normalized spacial score (nSPS) is 10.7. The highest BCUT2D eigenvalue weighted by molar-refractivity contribution is 8.00. The Bertz CT molecular complexity index is 905. The minimum Gasteiger partial charge on any atom is -0.497 e. The number of fused-ring (bicyclic) bond motifs is 1. The molecule has 1 aromatic heterocycles. The summed E-state index contributed by atoms with van der Waals surface area (Å²) in [6.07, 6.45) is 2.05. The number of carbonyl (C=O) groups is 1. The Morgan fingerprint density at radius 1 is 1.16 bits per heavy atom. The van der Waals surface area contributed by atoms with Crippen molar-refractivity contribution in [2.24, 2.45) is 7.05 Å². The third kappa shape index (κ3) is 3.74. The van der Waals surface area contributed by atoms with Crippen LogP contribution < -0.4 is 14.8 Å². The van der Waals surface area contributed by atoms with Gasteiger partial charge in [0.2, 0.25) is 5.91 Å². The smallest absolute Gasteiger partial charge is 0.234 e. The van der Waals surface area contributed by atoms with Gasteiger partial charge in [-0.15, -0.1) is 11.8 Å². The molecule has 2 aromatic carbocycles. The molecule has 130 valence electrons. The van der Waals surface area contributed by atoms with Crippen LogP contribution in [0.1, 0.15) is 0 Å². The Morgan fingerprint density at radius 2 is 1.96 bits per heavy atom. The predicted octanol–water partition coefficient (Wildman–Crippen LogP) is 3.93. The summed E-state index contributed by atoms with van der Waals surface area (Å²) < 4.78 is 12.6. The summed E-state index contributed by atoms with van der Waals surface area (Å²) in [6.45, 7) is 0. The summed E-state index contributed by atoms with van der Waals surface area (Å²) in [4.78, 5) is 13.5. The topological polar surface area (TPSA) is 52.5 Å². The van der Waals surface area contributed by atoms with Crippen molar-refractivity contribution in [3.8, 4) is 11.5 Å². The van der Waals surface area contributed by atoms with Gasteiger partial charge in [0.05, 0.1) is 25.7 Å². The van der Waals surface area contributed by atoms with Crippen molar-refractivity contribution < 1.29 is 14.3 Å². The fraction of sp³-hybridized carbons (Fsp3) is 0.211. The molecule has 0 aliphatic heterocycles. The zero-order valence-electron chi connectivity index (χ0n) is 14.4. The van der Waals surface area contributed by atoms with Gasteiger partial charge in [-0.3, -0.25) is 4.79 Å². The van der Waals surface area contributed by atoms with Crippen LogP contribution >= 0.6 is 11.8 Å². The molecule has 1 heterocycles. The lowest BCUT2D eigenvalue weighted by Crippen LogP contribution is -2.14. The number of carbonyl (C=O) groups excluding carboxylic acids is 1. The molecule has 25 heavy (non-hydrogen) atoms. The van der Waals surface area contributed by atoms with E-state index in [1.54, 1.807) is 32.4 Å². The molecule has 3 aromatic rings. The van der Waals surface area contributed by atoms with Crippen LogP contribution in [0.2, 0.25) is 0 Å².